The summed E-state index contributed by atoms with van der Waals surface area (Å²) in [5.74, 6) is 0.872. The molecule has 0 aliphatic rings. The first-order valence-corrected chi connectivity index (χ1v) is 8.47. The summed E-state index contributed by atoms with van der Waals surface area (Å²) in [5, 5.41) is 1.94. The Labute approximate surface area is 142 Å². The third kappa shape index (κ3) is 3.46. The van der Waals surface area contributed by atoms with Crippen molar-refractivity contribution in [3.63, 3.8) is 0 Å². The molecule has 2 rings (SSSR count). The third-order valence-electron chi connectivity index (χ3n) is 3.13. The molecular weight excluding hydrogens is 408 g/mol. The Morgan fingerprint density at radius 1 is 1.20 bits per heavy atom. The van der Waals surface area contributed by atoms with Gasteiger partial charge in [-0.3, -0.25) is 0 Å². The smallest absolute Gasteiger partial charge is 0.224 e. The lowest BCUT2D eigenvalue weighted by Crippen LogP contribution is -2.25. The second-order valence-corrected chi connectivity index (χ2v) is 6.47. The molecule has 0 saturated carbocycles. The van der Waals surface area contributed by atoms with E-state index in [2.05, 4.69) is 51.3 Å². The maximum absolute atomic E-state index is 6.18. The predicted molar refractivity (Wildman–Crippen MR) is 95.1 cm³/mol. The lowest BCUT2D eigenvalue weighted by Gasteiger charge is -2.23. The van der Waals surface area contributed by atoms with E-state index in [-0.39, 0.29) is 5.28 Å². The van der Waals surface area contributed by atoms with Crippen molar-refractivity contribution in [2.75, 3.05) is 18.0 Å². The highest BCUT2D eigenvalue weighted by Crippen LogP contribution is 2.31. The van der Waals surface area contributed by atoms with Crippen LogP contribution in [-0.2, 0) is 0 Å². The maximum atomic E-state index is 6.18. The first-order valence-electron chi connectivity index (χ1n) is 6.64. The van der Waals surface area contributed by atoms with Crippen molar-refractivity contribution < 1.29 is 0 Å². The Hall–Kier alpha value is -0.330. The van der Waals surface area contributed by atoms with E-state index in [1.807, 2.05) is 12.1 Å². The van der Waals surface area contributed by atoms with Crippen molar-refractivity contribution in [1.29, 1.82) is 0 Å². The van der Waals surface area contributed by atoms with Crippen LogP contribution in [0.2, 0.25) is 10.3 Å². The predicted octanol–water partition coefficient (Wildman–Crippen LogP) is 5.17. The van der Waals surface area contributed by atoms with Gasteiger partial charge in [-0.25, -0.2) is 4.98 Å². The van der Waals surface area contributed by atoms with Gasteiger partial charge in [0.2, 0.25) is 5.28 Å². The number of hydrogen-bond donors (Lipinski definition) is 0. The number of nitrogens with zero attached hydrogens (tertiary/aromatic N) is 3. The summed E-state index contributed by atoms with van der Waals surface area (Å²) in [6, 6.07) is 3.80. The number of halogens is 3. The summed E-state index contributed by atoms with van der Waals surface area (Å²) < 4.78 is 0.988. The topological polar surface area (TPSA) is 29.0 Å². The van der Waals surface area contributed by atoms with Gasteiger partial charge >= 0.3 is 0 Å². The normalized spacial score (nSPS) is 11.1. The average Bonchev–Trinajstić information content (AvgIpc) is 2.40. The van der Waals surface area contributed by atoms with Gasteiger partial charge in [-0.2, -0.15) is 4.98 Å². The van der Waals surface area contributed by atoms with Gasteiger partial charge in [0, 0.05) is 27.1 Å². The van der Waals surface area contributed by atoms with Crippen LogP contribution in [0.4, 0.5) is 5.82 Å². The molecule has 0 aliphatic carbocycles. The molecule has 108 valence electrons. The van der Waals surface area contributed by atoms with E-state index in [0.717, 1.165) is 46.2 Å². The molecule has 0 unspecified atom stereocenters. The molecule has 2 aromatic rings. The van der Waals surface area contributed by atoms with Crippen LogP contribution in [0.25, 0.3) is 10.9 Å². The van der Waals surface area contributed by atoms with E-state index in [9.17, 15) is 0 Å². The van der Waals surface area contributed by atoms with Crippen LogP contribution in [0.3, 0.4) is 0 Å². The molecule has 0 radical (unpaired) electrons. The Balaban J connectivity index is 2.61. The number of unbranched alkanes of at least 4 members (excludes halogenated alkanes) is 1. The van der Waals surface area contributed by atoms with Crippen LogP contribution in [-0.4, -0.2) is 23.1 Å². The summed E-state index contributed by atoms with van der Waals surface area (Å²) in [4.78, 5) is 11.0. The SMILES string of the molecule is CCCCN(CC)c1nc(Cl)nc2c(I)cc(Cl)cc12. The van der Waals surface area contributed by atoms with Crippen molar-refractivity contribution in [1.82, 2.24) is 9.97 Å². The lowest BCUT2D eigenvalue weighted by molar-refractivity contribution is 0.726. The molecule has 1 aromatic carbocycles. The standard InChI is InChI=1S/C14H16Cl2IN3/c1-3-5-6-20(4-2)13-10-7-9(15)8-11(17)12(10)18-14(16)19-13/h7-8H,3-6H2,1-2H3. The van der Waals surface area contributed by atoms with E-state index < -0.39 is 0 Å². The van der Waals surface area contributed by atoms with E-state index in [0.29, 0.717) is 5.02 Å². The zero-order chi connectivity index (χ0) is 14.7. The fraction of sp³-hybridized carbons (Fsp3) is 0.429. The Morgan fingerprint density at radius 2 is 1.95 bits per heavy atom. The molecule has 0 spiro atoms. The lowest BCUT2D eigenvalue weighted by atomic mass is 10.2. The minimum Gasteiger partial charge on any atom is -0.356 e. The van der Waals surface area contributed by atoms with Gasteiger partial charge in [0.15, 0.2) is 0 Å². The molecule has 1 heterocycles. The largest absolute Gasteiger partial charge is 0.356 e. The summed E-state index contributed by atoms with van der Waals surface area (Å²) >= 11 is 14.5. The van der Waals surface area contributed by atoms with Gasteiger partial charge < -0.3 is 4.90 Å². The number of benzene rings is 1. The molecule has 0 saturated heterocycles. The summed E-state index contributed by atoms with van der Waals surface area (Å²) in [5.41, 5.74) is 0.861. The number of rotatable bonds is 5. The Morgan fingerprint density at radius 3 is 2.60 bits per heavy atom. The minimum absolute atomic E-state index is 0.280. The van der Waals surface area contributed by atoms with Crippen LogP contribution in [0.5, 0.6) is 0 Å². The summed E-state index contributed by atoms with van der Waals surface area (Å²) in [6.07, 6.45) is 2.26. The van der Waals surface area contributed by atoms with Crippen LogP contribution >= 0.6 is 45.8 Å². The first-order chi connectivity index (χ1) is 9.56. The third-order valence-corrected chi connectivity index (χ3v) is 4.34. The molecule has 6 heteroatoms. The Bertz CT molecular complexity index is 619. The van der Waals surface area contributed by atoms with Crippen LogP contribution in [0.1, 0.15) is 26.7 Å². The molecule has 0 amide bonds. The number of anilines is 1. The molecule has 0 aliphatic heterocycles. The number of fused-ring (bicyclic) bond motifs is 1. The fourth-order valence-corrected chi connectivity index (χ4v) is 3.43. The number of hydrogen-bond acceptors (Lipinski definition) is 3. The molecule has 0 bridgehead atoms. The maximum Gasteiger partial charge on any atom is 0.224 e. The Kier molecular flexibility index (Phi) is 5.69. The molecule has 0 N–H and O–H groups in total. The summed E-state index contributed by atoms with van der Waals surface area (Å²) in [6.45, 7) is 6.13. The molecule has 0 fully saturated rings. The monoisotopic (exact) mass is 423 g/mol. The molecule has 0 atom stereocenters. The van der Waals surface area contributed by atoms with E-state index >= 15 is 0 Å². The van der Waals surface area contributed by atoms with E-state index in [1.165, 1.54) is 0 Å². The first kappa shape index (κ1) is 16.0. The van der Waals surface area contributed by atoms with Crippen LogP contribution in [0.15, 0.2) is 12.1 Å². The highest BCUT2D eigenvalue weighted by Gasteiger charge is 2.15. The van der Waals surface area contributed by atoms with E-state index in [4.69, 9.17) is 23.2 Å². The van der Waals surface area contributed by atoms with Crippen molar-refractivity contribution in [3.05, 3.63) is 26.0 Å². The zero-order valence-corrected chi connectivity index (χ0v) is 15.1. The second-order valence-electron chi connectivity index (χ2n) is 4.53. The zero-order valence-electron chi connectivity index (χ0n) is 11.5. The molecule has 20 heavy (non-hydrogen) atoms. The van der Waals surface area contributed by atoms with Gasteiger partial charge in [-0.15, -0.1) is 0 Å². The quantitative estimate of drug-likeness (QED) is 0.490. The van der Waals surface area contributed by atoms with Crippen LogP contribution < -0.4 is 4.90 Å². The minimum atomic E-state index is 0.280. The average molecular weight is 424 g/mol. The van der Waals surface area contributed by atoms with Crippen molar-refractivity contribution in [2.24, 2.45) is 0 Å². The van der Waals surface area contributed by atoms with E-state index in [1.54, 1.807) is 0 Å². The fourth-order valence-electron chi connectivity index (χ4n) is 2.12. The van der Waals surface area contributed by atoms with Gasteiger partial charge in [-0.1, -0.05) is 24.9 Å². The molecule has 1 aromatic heterocycles. The van der Waals surface area contributed by atoms with Crippen molar-refractivity contribution >= 4 is 62.5 Å². The van der Waals surface area contributed by atoms with Gasteiger partial charge in [0.05, 0.1) is 5.52 Å². The molecular formula is C14H16Cl2IN3. The highest BCUT2D eigenvalue weighted by atomic mass is 127. The van der Waals surface area contributed by atoms with Gasteiger partial charge in [0.25, 0.3) is 0 Å². The molecule has 3 nitrogen and oxygen atoms in total. The van der Waals surface area contributed by atoms with Crippen molar-refractivity contribution in [2.45, 2.75) is 26.7 Å². The van der Waals surface area contributed by atoms with Gasteiger partial charge in [-0.05, 0) is 59.7 Å². The van der Waals surface area contributed by atoms with Gasteiger partial charge in [0.1, 0.15) is 5.82 Å². The second kappa shape index (κ2) is 7.09. The number of aromatic nitrogens is 2. The van der Waals surface area contributed by atoms with Crippen molar-refractivity contribution in [3.8, 4) is 0 Å². The van der Waals surface area contributed by atoms with Crippen LogP contribution in [0, 0.1) is 3.57 Å². The highest BCUT2D eigenvalue weighted by molar-refractivity contribution is 14.1. The summed E-state index contributed by atoms with van der Waals surface area (Å²) in [7, 11) is 0.